The molecule has 0 radical (unpaired) electrons. The third-order valence-electron chi connectivity index (χ3n) is 4.39. The second-order valence-electron chi connectivity index (χ2n) is 6.00. The predicted octanol–water partition coefficient (Wildman–Crippen LogP) is 2.14. The normalized spacial score (nSPS) is 25.0. The summed E-state index contributed by atoms with van der Waals surface area (Å²) >= 11 is 4.99. The van der Waals surface area contributed by atoms with Gasteiger partial charge in [-0.15, -0.1) is 0 Å². The molecular formula is C13H22N2OS. The molecule has 0 bridgehead atoms. The summed E-state index contributed by atoms with van der Waals surface area (Å²) in [6, 6.07) is 0. The van der Waals surface area contributed by atoms with E-state index in [1.165, 1.54) is 32.1 Å². The van der Waals surface area contributed by atoms with Crippen molar-refractivity contribution in [3.05, 3.63) is 0 Å². The molecule has 96 valence electrons. The maximum absolute atomic E-state index is 12.1. The van der Waals surface area contributed by atoms with Crippen LogP contribution in [0.2, 0.25) is 0 Å². The number of rotatable bonds is 4. The first kappa shape index (κ1) is 12.8. The molecule has 4 heteroatoms. The molecule has 2 aliphatic rings. The lowest BCUT2D eigenvalue weighted by atomic mass is 9.75. The average Bonchev–Trinajstić information content (AvgIpc) is 3.08. The van der Waals surface area contributed by atoms with E-state index in [1.54, 1.807) is 0 Å². The summed E-state index contributed by atoms with van der Waals surface area (Å²) in [7, 11) is 0. The van der Waals surface area contributed by atoms with Crippen LogP contribution < -0.4 is 11.1 Å². The zero-order valence-corrected chi connectivity index (χ0v) is 11.4. The third kappa shape index (κ3) is 2.62. The summed E-state index contributed by atoms with van der Waals surface area (Å²) in [4.78, 5) is 12.4. The molecule has 0 aromatic carbocycles. The second-order valence-corrected chi connectivity index (χ2v) is 6.44. The molecule has 0 aromatic heterocycles. The lowest BCUT2D eigenvalue weighted by Crippen LogP contribution is -2.44. The van der Waals surface area contributed by atoms with Crippen molar-refractivity contribution in [1.82, 2.24) is 5.32 Å². The molecule has 0 aliphatic heterocycles. The minimum absolute atomic E-state index is 0.0526. The van der Waals surface area contributed by atoms with Crippen LogP contribution in [0, 0.1) is 10.8 Å². The summed E-state index contributed by atoms with van der Waals surface area (Å²) in [6.07, 6.45) is 7.98. The number of amides is 1. The van der Waals surface area contributed by atoms with E-state index in [2.05, 4.69) is 12.2 Å². The van der Waals surface area contributed by atoms with E-state index in [-0.39, 0.29) is 11.3 Å². The van der Waals surface area contributed by atoms with E-state index < -0.39 is 5.41 Å². The summed E-state index contributed by atoms with van der Waals surface area (Å²) in [6.45, 7) is 3.04. The Balaban J connectivity index is 1.86. The average molecular weight is 254 g/mol. The maximum Gasteiger partial charge on any atom is 0.233 e. The van der Waals surface area contributed by atoms with Crippen LogP contribution >= 0.6 is 12.2 Å². The molecule has 2 saturated carbocycles. The number of nitrogens with two attached hydrogens (primary N) is 1. The first-order chi connectivity index (χ1) is 7.99. The van der Waals surface area contributed by atoms with Gasteiger partial charge in [-0.05, 0) is 31.1 Å². The Hall–Kier alpha value is -0.640. The van der Waals surface area contributed by atoms with Crippen molar-refractivity contribution in [2.75, 3.05) is 6.54 Å². The largest absolute Gasteiger partial charge is 0.392 e. The zero-order chi connectivity index (χ0) is 12.5. The van der Waals surface area contributed by atoms with E-state index >= 15 is 0 Å². The van der Waals surface area contributed by atoms with Gasteiger partial charge in [0.1, 0.15) is 0 Å². The lowest BCUT2D eigenvalue weighted by molar-refractivity contribution is -0.124. The maximum atomic E-state index is 12.1. The fraction of sp³-hybridized carbons (Fsp3) is 0.846. The van der Waals surface area contributed by atoms with Gasteiger partial charge in [-0.25, -0.2) is 0 Å². The van der Waals surface area contributed by atoms with Crippen molar-refractivity contribution in [3.63, 3.8) is 0 Å². The SMILES string of the molecule is CC1(CNC(=O)C2(C(N)=S)CC2)CCCCC1. The molecule has 0 saturated heterocycles. The molecule has 0 unspecified atom stereocenters. The highest BCUT2D eigenvalue weighted by Crippen LogP contribution is 2.46. The van der Waals surface area contributed by atoms with Crippen molar-refractivity contribution in [2.45, 2.75) is 51.9 Å². The summed E-state index contributed by atoms with van der Waals surface area (Å²) in [5, 5.41) is 3.07. The monoisotopic (exact) mass is 254 g/mol. The lowest BCUT2D eigenvalue weighted by Gasteiger charge is -2.34. The standard InChI is InChI=1S/C13H22N2OS/c1-12(5-3-2-4-6-12)9-15-11(16)13(7-8-13)10(14)17/h2-9H2,1H3,(H2,14,17)(H,15,16). The highest BCUT2D eigenvalue weighted by Gasteiger charge is 2.52. The zero-order valence-electron chi connectivity index (χ0n) is 10.6. The minimum atomic E-state index is -0.500. The quantitative estimate of drug-likeness (QED) is 0.756. The van der Waals surface area contributed by atoms with E-state index in [1.807, 2.05) is 0 Å². The summed E-state index contributed by atoms with van der Waals surface area (Å²) in [5.41, 5.74) is 5.42. The molecule has 1 amide bonds. The van der Waals surface area contributed by atoms with Crippen molar-refractivity contribution in [3.8, 4) is 0 Å². The summed E-state index contributed by atoms with van der Waals surface area (Å²) < 4.78 is 0. The number of nitrogens with one attached hydrogen (secondary N) is 1. The van der Waals surface area contributed by atoms with Gasteiger partial charge in [0.15, 0.2) is 0 Å². The smallest absolute Gasteiger partial charge is 0.233 e. The Morgan fingerprint density at radius 2 is 1.82 bits per heavy atom. The minimum Gasteiger partial charge on any atom is -0.392 e. The Morgan fingerprint density at radius 3 is 2.29 bits per heavy atom. The Kier molecular flexibility index (Phi) is 3.43. The number of thiocarbonyl (C=S) groups is 1. The highest BCUT2D eigenvalue weighted by atomic mass is 32.1. The van der Waals surface area contributed by atoms with Gasteiger partial charge in [0, 0.05) is 6.54 Å². The van der Waals surface area contributed by atoms with Crippen LogP contribution in [0.25, 0.3) is 0 Å². The molecule has 3 nitrogen and oxygen atoms in total. The molecule has 3 N–H and O–H groups in total. The fourth-order valence-electron chi connectivity index (χ4n) is 2.76. The number of carbonyl (C=O) groups excluding carboxylic acids is 1. The van der Waals surface area contributed by atoms with Crippen LogP contribution in [0.15, 0.2) is 0 Å². The topological polar surface area (TPSA) is 55.1 Å². The molecule has 17 heavy (non-hydrogen) atoms. The fourth-order valence-corrected chi connectivity index (χ4v) is 3.05. The molecular weight excluding hydrogens is 232 g/mol. The van der Waals surface area contributed by atoms with Crippen LogP contribution in [0.5, 0.6) is 0 Å². The molecule has 0 atom stereocenters. The Labute approximate surface area is 109 Å². The molecule has 2 fully saturated rings. The second kappa shape index (κ2) is 4.56. The highest BCUT2D eigenvalue weighted by molar-refractivity contribution is 7.80. The molecule has 0 spiro atoms. The van der Waals surface area contributed by atoms with Gasteiger partial charge in [-0.1, -0.05) is 38.4 Å². The van der Waals surface area contributed by atoms with Crippen molar-refractivity contribution in [1.29, 1.82) is 0 Å². The number of hydrogen-bond donors (Lipinski definition) is 2. The Bertz CT molecular complexity index is 330. The number of carbonyl (C=O) groups is 1. The van der Waals surface area contributed by atoms with Crippen LogP contribution in [0.4, 0.5) is 0 Å². The van der Waals surface area contributed by atoms with Gasteiger partial charge in [0.2, 0.25) is 5.91 Å². The molecule has 2 aliphatic carbocycles. The predicted molar refractivity (Wildman–Crippen MR) is 72.7 cm³/mol. The first-order valence-electron chi connectivity index (χ1n) is 6.57. The van der Waals surface area contributed by atoms with Crippen LogP contribution in [-0.4, -0.2) is 17.4 Å². The first-order valence-corrected chi connectivity index (χ1v) is 6.98. The molecule has 0 heterocycles. The van der Waals surface area contributed by atoms with Gasteiger partial charge in [-0.3, -0.25) is 4.79 Å². The molecule has 0 aromatic rings. The number of hydrogen-bond acceptors (Lipinski definition) is 2. The van der Waals surface area contributed by atoms with Gasteiger partial charge < -0.3 is 11.1 Å². The van der Waals surface area contributed by atoms with E-state index in [0.717, 1.165) is 19.4 Å². The van der Waals surface area contributed by atoms with Gasteiger partial charge in [0.25, 0.3) is 0 Å². The van der Waals surface area contributed by atoms with Crippen LogP contribution in [-0.2, 0) is 4.79 Å². The van der Waals surface area contributed by atoms with E-state index in [9.17, 15) is 4.79 Å². The summed E-state index contributed by atoms with van der Waals surface area (Å²) in [5.74, 6) is 0.0526. The van der Waals surface area contributed by atoms with Crippen molar-refractivity contribution in [2.24, 2.45) is 16.6 Å². The van der Waals surface area contributed by atoms with E-state index in [0.29, 0.717) is 4.99 Å². The van der Waals surface area contributed by atoms with Crippen molar-refractivity contribution < 1.29 is 4.79 Å². The van der Waals surface area contributed by atoms with Gasteiger partial charge >= 0.3 is 0 Å². The van der Waals surface area contributed by atoms with Crippen LogP contribution in [0.1, 0.15) is 51.9 Å². The van der Waals surface area contributed by atoms with Crippen LogP contribution in [0.3, 0.4) is 0 Å². The Morgan fingerprint density at radius 1 is 1.24 bits per heavy atom. The van der Waals surface area contributed by atoms with Gasteiger partial charge in [0.05, 0.1) is 10.4 Å². The molecule has 2 rings (SSSR count). The van der Waals surface area contributed by atoms with E-state index in [4.69, 9.17) is 18.0 Å². The van der Waals surface area contributed by atoms with Gasteiger partial charge in [-0.2, -0.15) is 0 Å². The van der Waals surface area contributed by atoms with Crippen molar-refractivity contribution >= 4 is 23.1 Å². The third-order valence-corrected chi connectivity index (χ3v) is 4.78.